The van der Waals surface area contributed by atoms with E-state index in [1.54, 1.807) is 0 Å². The highest BCUT2D eigenvalue weighted by atomic mass is 35.5. The molecule has 94 valence electrons. The lowest BCUT2D eigenvalue weighted by Crippen LogP contribution is -2.09. The van der Waals surface area contributed by atoms with Crippen molar-refractivity contribution in [3.8, 4) is 0 Å². The Bertz CT molecular complexity index is 337. The van der Waals surface area contributed by atoms with Gasteiger partial charge in [0, 0.05) is 15.5 Å². The summed E-state index contributed by atoms with van der Waals surface area (Å²) in [5.74, 6) is 0.602. The average molecular weight is 269 g/mol. The minimum atomic E-state index is 0.351. The fourth-order valence-corrected chi connectivity index (χ4v) is 3.81. The molecule has 0 nitrogen and oxygen atoms in total. The van der Waals surface area contributed by atoms with E-state index in [4.69, 9.17) is 11.6 Å². The molecule has 1 aromatic rings. The first-order valence-corrected chi connectivity index (χ1v) is 7.87. The highest BCUT2D eigenvalue weighted by Gasteiger charge is 2.21. The third kappa shape index (κ3) is 3.66. The van der Waals surface area contributed by atoms with E-state index in [1.807, 2.05) is 0 Å². The Morgan fingerprint density at radius 1 is 1.35 bits per heavy atom. The molecule has 0 aliphatic carbocycles. The van der Waals surface area contributed by atoms with Gasteiger partial charge in [-0.25, -0.2) is 0 Å². The van der Waals surface area contributed by atoms with Gasteiger partial charge in [-0.15, -0.1) is 23.4 Å². The Morgan fingerprint density at radius 2 is 2.12 bits per heavy atom. The molecule has 2 rings (SSSR count). The summed E-state index contributed by atoms with van der Waals surface area (Å²) in [5, 5.41) is 1.13. The van der Waals surface area contributed by atoms with Gasteiger partial charge in [-0.3, -0.25) is 0 Å². The standard InChI is InChI=1S/C15H21ClS/c1-11(2)14(16)8-5-7-13-10-12-6-3-4-9-15(12)17-13/h3-4,6,9,11,13-14H,5,7-8,10H2,1-2H3. The second-order valence-electron chi connectivity index (χ2n) is 5.24. The number of fused-ring (bicyclic) bond motifs is 1. The third-order valence-electron chi connectivity index (χ3n) is 3.44. The highest BCUT2D eigenvalue weighted by Crippen LogP contribution is 2.39. The summed E-state index contributed by atoms with van der Waals surface area (Å²) >= 11 is 8.34. The van der Waals surface area contributed by atoms with Crippen LogP contribution >= 0.6 is 23.4 Å². The second-order valence-corrected chi connectivity index (χ2v) is 7.15. The molecule has 1 aliphatic rings. The Labute approximate surface area is 114 Å². The van der Waals surface area contributed by atoms with Crippen LogP contribution < -0.4 is 0 Å². The largest absolute Gasteiger partial charge is 0.123 e. The van der Waals surface area contributed by atoms with Gasteiger partial charge in [-0.1, -0.05) is 38.5 Å². The summed E-state index contributed by atoms with van der Waals surface area (Å²) in [4.78, 5) is 1.49. The first-order valence-electron chi connectivity index (χ1n) is 6.55. The minimum Gasteiger partial charge on any atom is -0.123 e. The Hall–Kier alpha value is -0.140. The maximum Gasteiger partial charge on any atom is 0.0359 e. The quantitative estimate of drug-likeness (QED) is 0.667. The molecule has 2 heteroatoms. The van der Waals surface area contributed by atoms with Crippen molar-refractivity contribution in [3.63, 3.8) is 0 Å². The number of alkyl halides is 1. The summed E-state index contributed by atoms with van der Waals surface area (Å²) in [6.45, 7) is 4.41. The molecule has 0 N–H and O–H groups in total. The Morgan fingerprint density at radius 3 is 2.82 bits per heavy atom. The molecule has 1 aliphatic heterocycles. The first kappa shape index (κ1) is 13.3. The topological polar surface area (TPSA) is 0 Å². The van der Waals surface area contributed by atoms with Crippen molar-refractivity contribution in [3.05, 3.63) is 29.8 Å². The van der Waals surface area contributed by atoms with Crippen molar-refractivity contribution in [2.24, 2.45) is 5.92 Å². The summed E-state index contributed by atoms with van der Waals surface area (Å²) < 4.78 is 0. The fourth-order valence-electron chi connectivity index (χ4n) is 2.29. The van der Waals surface area contributed by atoms with Crippen molar-refractivity contribution in [1.82, 2.24) is 0 Å². The zero-order valence-corrected chi connectivity index (χ0v) is 12.2. The van der Waals surface area contributed by atoms with Gasteiger partial charge in [0.05, 0.1) is 0 Å². The van der Waals surface area contributed by atoms with Crippen LogP contribution in [0.1, 0.15) is 38.7 Å². The first-order chi connectivity index (χ1) is 8.16. The Kier molecular flexibility index (Phi) is 4.81. The average Bonchev–Trinajstić information content (AvgIpc) is 2.71. The summed E-state index contributed by atoms with van der Waals surface area (Å²) in [6.07, 6.45) is 4.97. The smallest absolute Gasteiger partial charge is 0.0359 e. The predicted molar refractivity (Wildman–Crippen MR) is 78.1 cm³/mol. The van der Waals surface area contributed by atoms with Crippen LogP contribution in [0.25, 0.3) is 0 Å². The van der Waals surface area contributed by atoms with Crippen LogP contribution in [0.2, 0.25) is 0 Å². The number of rotatable bonds is 5. The van der Waals surface area contributed by atoms with Gasteiger partial charge < -0.3 is 0 Å². The van der Waals surface area contributed by atoms with Crippen LogP contribution in [0.3, 0.4) is 0 Å². The lowest BCUT2D eigenvalue weighted by Gasteiger charge is -2.14. The van der Waals surface area contributed by atoms with Crippen LogP contribution in [0.5, 0.6) is 0 Å². The Balaban J connectivity index is 1.73. The third-order valence-corrected chi connectivity index (χ3v) is 5.55. The zero-order valence-electron chi connectivity index (χ0n) is 10.7. The van der Waals surface area contributed by atoms with E-state index >= 15 is 0 Å². The lowest BCUT2D eigenvalue weighted by molar-refractivity contribution is 0.532. The summed E-state index contributed by atoms with van der Waals surface area (Å²) in [5.41, 5.74) is 1.54. The van der Waals surface area contributed by atoms with Gasteiger partial charge in [-0.2, -0.15) is 0 Å². The van der Waals surface area contributed by atoms with Crippen LogP contribution in [0.4, 0.5) is 0 Å². The molecule has 17 heavy (non-hydrogen) atoms. The van der Waals surface area contributed by atoms with Gasteiger partial charge in [0.25, 0.3) is 0 Å². The number of benzene rings is 1. The minimum absolute atomic E-state index is 0.351. The fraction of sp³-hybridized carbons (Fsp3) is 0.600. The van der Waals surface area contributed by atoms with Crippen molar-refractivity contribution < 1.29 is 0 Å². The molecule has 0 radical (unpaired) electrons. The summed E-state index contributed by atoms with van der Waals surface area (Å²) in [7, 11) is 0. The molecule has 2 unspecified atom stereocenters. The number of halogens is 1. The van der Waals surface area contributed by atoms with Crippen LogP contribution in [0, 0.1) is 5.92 Å². The van der Waals surface area contributed by atoms with Crippen LogP contribution in [-0.4, -0.2) is 10.6 Å². The van der Waals surface area contributed by atoms with E-state index in [9.17, 15) is 0 Å². The number of hydrogen-bond donors (Lipinski definition) is 0. The van der Waals surface area contributed by atoms with Gasteiger partial charge >= 0.3 is 0 Å². The molecule has 0 saturated carbocycles. The molecule has 0 saturated heterocycles. The molecule has 0 bridgehead atoms. The second kappa shape index (κ2) is 6.15. The lowest BCUT2D eigenvalue weighted by atomic mass is 10.0. The zero-order chi connectivity index (χ0) is 12.3. The van der Waals surface area contributed by atoms with E-state index in [2.05, 4.69) is 49.9 Å². The molecule has 1 heterocycles. The van der Waals surface area contributed by atoms with Gasteiger partial charge in [0.1, 0.15) is 0 Å². The van der Waals surface area contributed by atoms with Gasteiger partial charge in [-0.05, 0) is 36.8 Å². The van der Waals surface area contributed by atoms with Crippen molar-refractivity contribution in [1.29, 1.82) is 0 Å². The molecule has 0 aromatic heterocycles. The van der Waals surface area contributed by atoms with Gasteiger partial charge in [0.15, 0.2) is 0 Å². The monoisotopic (exact) mass is 268 g/mol. The maximum absolute atomic E-state index is 6.28. The molecule has 0 spiro atoms. The van der Waals surface area contributed by atoms with Crippen molar-refractivity contribution >= 4 is 23.4 Å². The van der Waals surface area contributed by atoms with E-state index in [0.29, 0.717) is 11.3 Å². The normalized spacial score (nSPS) is 20.6. The van der Waals surface area contributed by atoms with E-state index < -0.39 is 0 Å². The molecule has 1 aromatic carbocycles. The van der Waals surface area contributed by atoms with E-state index in [0.717, 1.165) is 11.7 Å². The molecular weight excluding hydrogens is 248 g/mol. The molecular formula is C15H21ClS. The number of thioether (sulfide) groups is 1. The summed E-state index contributed by atoms with van der Waals surface area (Å²) in [6, 6.07) is 8.80. The predicted octanol–water partition coefficient (Wildman–Crippen LogP) is 5.14. The maximum atomic E-state index is 6.28. The van der Waals surface area contributed by atoms with Crippen LogP contribution in [-0.2, 0) is 6.42 Å². The van der Waals surface area contributed by atoms with E-state index in [1.165, 1.54) is 29.7 Å². The van der Waals surface area contributed by atoms with E-state index in [-0.39, 0.29) is 0 Å². The van der Waals surface area contributed by atoms with Crippen molar-refractivity contribution in [2.45, 2.75) is 55.1 Å². The highest BCUT2D eigenvalue weighted by molar-refractivity contribution is 8.00. The molecule has 2 atom stereocenters. The van der Waals surface area contributed by atoms with Crippen molar-refractivity contribution in [2.75, 3.05) is 0 Å². The van der Waals surface area contributed by atoms with Gasteiger partial charge in [0.2, 0.25) is 0 Å². The van der Waals surface area contributed by atoms with Crippen LogP contribution in [0.15, 0.2) is 29.2 Å². The molecule has 0 amide bonds. The number of hydrogen-bond acceptors (Lipinski definition) is 1. The SMILES string of the molecule is CC(C)C(Cl)CCCC1Cc2ccccc2S1. The molecule has 0 fully saturated rings.